The Kier molecular flexibility index (Phi) is 3.49. The number of nitrogens with zero attached hydrogens (tertiary/aromatic N) is 4. The quantitative estimate of drug-likeness (QED) is 0.920. The maximum Gasteiger partial charge on any atom is 0.138 e. The van der Waals surface area contributed by atoms with Crippen molar-refractivity contribution < 1.29 is 5.11 Å². The van der Waals surface area contributed by atoms with Crippen LogP contribution in [0.3, 0.4) is 0 Å². The van der Waals surface area contributed by atoms with Crippen molar-refractivity contribution in [2.24, 2.45) is 7.05 Å². The van der Waals surface area contributed by atoms with Gasteiger partial charge in [0.25, 0.3) is 0 Å². The van der Waals surface area contributed by atoms with E-state index in [0.717, 1.165) is 10.8 Å². The lowest BCUT2D eigenvalue weighted by atomic mass is 9.98. The molecule has 2 rings (SSSR count). The predicted octanol–water partition coefficient (Wildman–Crippen LogP) is 1.85. The summed E-state index contributed by atoms with van der Waals surface area (Å²) < 4.78 is 1.67. The fraction of sp³-hybridized carbons (Fsp3) is 0.583. The predicted molar refractivity (Wildman–Crippen MR) is 70.5 cm³/mol. The van der Waals surface area contributed by atoms with Gasteiger partial charge in [0.05, 0.1) is 10.7 Å². The molecular formula is C12H18N4OS. The van der Waals surface area contributed by atoms with E-state index in [1.165, 1.54) is 6.33 Å². The first kappa shape index (κ1) is 13.2. The monoisotopic (exact) mass is 266 g/mol. The Bertz CT molecular complexity index is 526. The lowest BCUT2D eigenvalue weighted by Crippen LogP contribution is -2.12. The zero-order valence-electron chi connectivity index (χ0n) is 11.1. The number of aryl methyl sites for hydroxylation is 1. The normalized spacial score (nSPS) is 13.8. The van der Waals surface area contributed by atoms with E-state index in [1.54, 1.807) is 16.0 Å². The molecule has 0 amide bonds. The van der Waals surface area contributed by atoms with E-state index < -0.39 is 6.10 Å². The molecular weight excluding hydrogens is 248 g/mol. The van der Waals surface area contributed by atoms with E-state index in [-0.39, 0.29) is 5.41 Å². The van der Waals surface area contributed by atoms with Gasteiger partial charge in [-0.3, -0.25) is 4.68 Å². The van der Waals surface area contributed by atoms with E-state index in [9.17, 15) is 5.11 Å². The number of rotatable bonds is 3. The number of hydrogen-bond donors (Lipinski definition) is 1. The van der Waals surface area contributed by atoms with Crippen LogP contribution in [0.25, 0.3) is 0 Å². The number of aliphatic hydroxyl groups is 1. The molecule has 0 aliphatic carbocycles. The SMILES string of the molecule is Cn1ncnc1CC(O)c1csc(C(C)(C)C)n1. The van der Waals surface area contributed by atoms with Crippen LogP contribution in [0, 0.1) is 0 Å². The Morgan fingerprint density at radius 2 is 2.17 bits per heavy atom. The van der Waals surface area contributed by atoms with Crippen LogP contribution in [-0.2, 0) is 18.9 Å². The van der Waals surface area contributed by atoms with E-state index in [2.05, 4.69) is 35.8 Å². The summed E-state index contributed by atoms with van der Waals surface area (Å²) in [5.41, 5.74) is 0.737. The van der Waals surface area contributed by atoms with Gasteiger partial charge in [-0.05, 0) is 0 Å². The molecule has 0 radical (unpaired) electrons. The highest BCUT2D eigenvalue weighted by Gasteiger charge is 2.21. The van der Waals surface area contributed by atoms with Gasteiger partial charge in [0.1, 0.15) is 18.3 Å². The molecule has 98 valence electrons. The topological polar surface area (TPSA) is 63.8 Å². The van der Waals surface area contributed by atoms with Crippen molar-refractivity contribution >= 4 is 11.3 Å². The minimum absolute atomic E-state index is 0.0212. The van der Waals surface area contributed by atoms with Crippen molar-refractivity contribution in [3.05, 3.63) is 28.2 Å². The van der Waals surface area contributed by atoms with Gasteiger partial charge in [-0.2, -0.15) is 5.10 Å². The molecule has 0 bridgehead atoms. The molecule has 2 heterocycles. The van der Waals surface area contributed by atoms with Gasteiger partial charge < -0.3 is 5.11 Å². The Balaban J connectivity index is 2.12. The molecule has 1 N–H and O–H groups in total. The molecule has 0 saturated carbocycles. The summed E-state index contributed by atoms with van der Waals surface area (Å²) in [7, 11) is 1.82. The van der Waals surface area contributed by atoms with Gasteiger partial charge in [0.15, 0.2) is 0 Å². The number of hydrogen-bond acceptors (Lipinski definition) is 5. The third-order valence-corrected chi connectivity index (χ3v) is 3.97. The summed E-state index contributed by atoms with van der Waals surface area (Å²) in [6, 6.07) is 0. The minimum atomic E-state index is -0.625. The van der Waals surface area contributed by atoms with Crippen LogP contribution in [-0.4, -0.2) is 24.9 Å². The van der Waals surface area contributed by atoms with Crippen LogP contribution >= 0.6 is 11.3 Å². The summed E-state index contributed by atoms with van der Waals surface area (Å²) in [6.45, 7) is 6.35. The van der Waals surface area contributed by atoms with Crippen LogP contribution in [0.4, 0.5) is 0 Å². The average molecular weight is 266 g/mol. The summed E-state index contributed by atoms with van der Waals surface area (Å²) in [5.74, 6) is 0.757. The third-order valence-electron chi connectivity index (χ3n) is 2.69. The maximum atomic E-state index is 10.2. The molecule has 0 fully saturated rings. The van der Waals surface area contributed by atoms with Crippen molar-refractivity contribution in [2.75, 3.05) is 0 Å². The van der Waals surface area contributed by atoms with Gasteiger partial charge in [-0.15, -0.1) is 11.3 Å². The average Bonchev–Trinajstić information content (AvgIpc) is 2.87. The second-order valence-electron chi connectivity index (χ2n) is 5.35. The van der Waals surface area contributed by atoms with Crippen molar-refractivity contribution in [3.8, 4) is 0 Å². The third kappa shape index (κ3) is 2.76. The van der Waals surface area contributed by atoms with Crippen molar-refractivity contribution in [2.45, 2.75) is 38.7 Å². The molecule has 1 atom stereocenters. The minimum Gasteiger partial charge on any atom is -0.386 e. The largest absolute Gasteiger partial charge is 0.386 e. The molecule has 0 spiro atoms. The van der Waals surface area contributed by atoms with E-state index in [0.29, 0.717) is 12.1 Å². The summed E-state index contributed by atoms with van der Waals surface area (Å²) >= 11 is 1.59. The summed E-state index contributed by atoms with van der Waals surface area (Å²) in [5, 5.41) is 17.1. The fourth-order valence-corrected chi connectivity index (χ4v) is 2.52. The van der Waals surface area contributed by atoms with Gasteiger partial charge in [0.2, 0.25) is 0 Å². The second kappa shape index (κ2) is 4.78. The standard InChI is InChI=1S/C12H18N4OS/c1-12(2,3)11-15-8(6-18-11)9(17)5-10-13-7-14-16(10)4/h6-7,9,17H,5H2,1-4H3. The number of thiazole rings is 1. The van der Waals surface area contributed by atoms with Crippen LogP contribution in [0.2, 0.25) is 0 Å². The van der Waals surface area contributed by atoms with E-state index in [1.807, 2.05) is 12.4 Å². The lowest BCUT2D eigenvalue weighted by Gasteiger charge is -2.14. The second-order valence-corrected chi connectivity index (χ2v) is 6.21. The molecule has 0 aliphatic rings. The lowest BCUT2D eigenvalue weighted by molar-refractivity contribution is 0.170. The van der Waals surface area contributed by atoms with E-state index >= 15 is 0 Å². The highest BCUT2D eigenvalue weighted by Crippen LogP contribution is 2.28. The van der Waals surface area contributed by atoms with E-state index in [4.69, 9.17) is 0 Å². The number of aromatic nitrogens is 4. The summed E-state index contributed by atoms with van der Waals surface area (Å²) in [6.07, 6.45) is 1.30. The van der Waals surface area contributed by atoms with Gasteiger partial charge in [0, 0.05) is 24.3 Å². The van der Waals surface area contributed by atoms with Crippen molar-refractivity contribution in [3.63, 3.8) is 0 Å². The Morgan fingerprint density at radius 3 is 2.67 bits per heavy atom. The molecule has 0 aromatic carbocycles. The molecule has 2 aromatic heterocycles. The fourth-order valence-electron chi connectivity index (χ4n) is 1.57. The molecule has 0 aliphatic heterocycles. The summed E-state index contributed by atoms with van der Waals surface area (Å²) in [4.78, 5) is 8.61. The highest BCUT2D eigenvalue weighted by atomic mass is 32.1. The first-order valence-corrected chi connectivity index (χ1v) is 6.72. The first-order chi connectivity index (χ1) is 8.38. The van der Waals surface area contributed by atoms with Crippen LogP contribution < -0.4 is 0 Å². The molecule has 2 aromatic rings. The number of aliphatic hydroxyl groups excluding tert-OH is 1. The van der Waals surface area contributed by atoms with Crippen LogP contribution in [0.1, 0.15) is 43.4 Å². The Hall–Kier alpha value is -1.27. The maximum absolute atomic E-state index is 10.2. The van der Waals surface area contributed by atoms with Crippen molar-refractivity contribution in [1.29, 1.82) is 0 Å². The zero-order valence-corrected chi connectivity index (χ0v) is 11.9. The van der Waals surface area contributed by atoms with Crippen LogP contribution in [0.5, 0.6) is 0 Å². The molecule has 6 heteroatoms. The van der Waals surface area contributed by atoms with Gasteiger partial charge >= 0.3 is 0 Å². The van der Waals surface area contributed by atoms with Crippen molar-refractivity contribution in [1.82, 2.24) is 19.7 Å². The first-order valence-electron chi connectivity index (χ1n) is 5.85. The molecule has 1 unspecified atom stereocenters. The van der Waals surface area contributed by atoms with Gasteiger partial charge in [-0.1, -0.05) is 20.8 Å². The highest BCUT2D eigenvalue weighted by molar-refractivity contribution is 7.09. The Labute approximate surface area is 111 Å². The molecule has 18 heavy (non-hydrogen) atoms. The van der Waals surface area contributed by atoms with Crippen LogP contribution in [0.15, 0.2) is 11.7 Å². The Morgan fingerprint density at radius 1 is 1.44 bits per heavy atom. The van der Waals surface area contributed by atoms with Gasteiger partial charge in [-0.25, -0.2) is 9.97 Å². The zero-order chi connectivity index (χ0) is 13.3. The molecule has 0 saturated heterocycles. The molecule has 5 nitrogen and oxygen atoms in total. The smallest absolute Gasteiger partial charge is 0.138 e.